The van der Waals surface area contributed by atoms with Gasteiger partial charge in [0, 0.05) is 43.0 Å². The van der Waals surface area contributed by atoms with E-state index in [9.17, 15) is 34.5 Å². The molecule has 15 heteroatoms. The van der Waals surface area contributed by atoms with E-state index in [1.807, 2.05) is 6.92 Å². The summed E-state index contributed by atoms with van der Waals surface area (Å²) < 4.78 is 33.2. The lowest BCUT2D eigenvalue weighted by Crippen LogP contribution is -2.63. The second kappa shape index (κ2) is 11.1. The molecule has 1 aromatic heterocycles. The molecular formula is C29H30F2N4O7S2. The molecule has 5 atom stereocenters. The van der Waals surface area contributed by atoms with Crippen molar-refractivity contribution in [1.82, 2.24) is 14.8 Å². The predicted molar refractivity (Wildman–Crippen MR) is 162 cm³/mol. The lowest BCUT2D eigenvalue weighted by molar-refractivity contribution is -0.163. The third-order valence-corrected chi connectivity index (χ3v) is 10.4. The molecule has 1 unspecified atom stereocenters. The molecule has 234 valence electrons. The standard InChI is InChI=1S/C29H30F2N4O7S2/c1-11-17(23(28(41)42)35-21(11)19(12(2)36)26(35)38)10-44-29(43)32-13-5-6-33(8-13)24-18(30)7-15-22(20(24)31)34(14-3-4-14)9-16(25(15)37)27(39)40/h7,9,11-14,19,21,36H,3-6,8,10H2,1-2H3,(H,32,43)(H,39,40)(H,41,42)/t11-,12+,13?,19-,21+/m1/s1. The van der Waals surface area contributed by atoms with Crippen LogP contribution in [0.15, 0.2) is 28.3 Å². The minimum Gasteiger partial charge on any atom is -0.477 e. The maximum atomic E-state index is 16.0. The maximum Gasteiger partial charge on any atom is 0.352 e. The number of aromatic nitrogens is 1. The molecule has 1 amide bonds. The summed E-state index contributed by atoms with van der Waals surface area (Å²) in [5.41, 5.74) is -1.41. The van der Waals surface area contributed by atoms with Crippen molar-refractivity contribution in [3.63, 3.8) is 0 Å². The van der Waals surface area contributed by atoms with Crippen LogP contribution in [0.5, 0.6) is 0 Å². The second-order valence-electron chi connectivity index (χ2n) is 11.8. The Balaban J connectivity index is 1.17. The molecule has 11 nitrogen and oxygen atoms in total. The first-order chi connectivity index (χ1) is 20.8. The summed E-state index contributed by atoms with van der Waals surface area (Å²) >= 11 is 6.71. The Labute approximate surface area is 259 Å². The van der Waals surface area contributed by atoms with Crippen LogP contribution in [0.2, 0.25) is 0 Å². The van der Waals surface area contributed by atoms with E-state index in [1.165, 1.54) is 33.1 Å². The fourth-order valence-corrected chi connectivity index (χ4v) is 8.06. The number of thioether (sulfide) groups is 1. The smallest absolute Gasteiger partial charge is 0.352 e. The number of hydrogen-bond acceptors (Lipinski definition) is 8. The Morgan fingerprint density at radius 1 is 1.18 bits per heavy atom. The molecule has 0 radical (unpaired) electrons. The number of fused-ring (bicyclic) bond motifs is 2. The fraction of sp³-hybridized carbons (Fsp3) is 0.483. The number of hydrogen-bond donors (Lipinski definition) is 4. The molecule has 2 aromatic rings. The van der Waals surface area contributed by atoms with Gasteiger partial charge in [0.05, 0.1) is 29.0 Å². The van der Waals surface area contributed by atoms with Crippen molar-refractivity contribution >= 4 is 62.7 Å². The monoisotopic (exact) mass is 648 g/mol. The van der Waals surface area contributed by atoms with Gasteiger partial charge in [-0.15, -0.1) is 0 Å². The zero-order valence-corrected chi connectivity index (χ0v) is 25.4. The second-order valence-corrected chi connectivity index (χ2v) is 13.5. The lowest BCUT2D eigenvalue weighted by Gasteiger charge is -2.46. The van der Waals surface area contributed by atoms with Gasteiger partial charge in [0.1, 0.15) is 27.1 Å². The van der Waals surface area contributed by atoms with Gasteiger partial charge in [0.25, 0.3) is 0 Å². The number of amides is 1. The number of aromatic carboxylic acids is 1. The summed E-state index contributed by atoms with van der Waals surface area (Å²) in [5.74, 6) is -5.71. The van der Waals surface area contributed by atoms with Crippen molar-refractivity contribution in [1.29, 1.82) is 0 Å². The summed E-state index contributed by atoms with van der Waals surface area (Å²) in [6.45, 7) is 3.83. The Morgan fingerprint density at radius 2 is 1.89 bits per heavy atom. The van der Waals surface area contributed by atoms with E-state index >= 15 is 8.78 Å². The molecule has 2 saturated heterocycles. The molecule has 4 aliphatic rings. The lowest BCUT2D eigenvalue weighted by atomic mass is 9.78. The molecule has 0 spiro atoms. The highest BCUT2D eigenvalue weighted by molar-refractivity contribution is 8.23. The van der Waals surface area contributed by atoms with Gasteiger partial charge in [0.15, 0.2) is 5.82 Å². The van der Waals surface area contributed by atoms with Gasteiger partial charge >= 0.3 is 11.9 Å². The minimum atomic E-state index is -1.46. The Bertz CT molecular complexity index is 1720. The van der Waals surface area contributed by atoms with Crippen molar-refractivity contribution in [2.75, 3.05) is 23.7 Å². The number of carboxylic acid groups (broad SMARTS) is 2. The normalized spacial score (nSPS) is 25.3. The molecule has 44 heavy (non-hydrogen) atoms. The van der Waals surface area contributed by atoms with E-state index in [-0.39, 0.29) is 59.1 Å². The number of carboxylic acids is 2. The van der Waals surface area contributed by atoms with E-state index in [1.54, 1.807) is 0 Å². The Kier molecular flexibility index (Phi) is 7.69. The van der Waals surface area contributed by atoms with Crippen LogP contribution in [-0.4, -0.2) is 84.0 Å². The van der Waals surface area contributed by atoms with Gasteiger partial charge in [-0.1, -0.05) is 30.9 Å². The molecule has 6 rings (SSSR count). The fourth-order valence-electron chi connectivity index (χ4n) is 6.78. The summed E-state index contributed by atoms with van der Waals surface area (Å²) in [7, 11) is 0. The molecule has 3 fully saturated rings. The first kappa shape index (κ1) is 30.5. The number of carbonyl (C=O) groups is 3. The number of pyridine rings is 1. The van der Waals surface area contributed by atoms with Crippen molar-refractivity contribution in [2.24, 2.45) is 11.8 Å². The van der Waals surface area contributed by atoms with E-state index in [0.717, 1.165) is 12.3 Å². The zero-order valence-electron chi connectivity index (χ0n) is 23.8. The Morgan fingerprint density at radius 3 is 2.50 bits per heavy atom. The number of carbonyl (C=O) groups excluding carboxylic acids is 1. The van der Waals surface area contributed by atoms with Crippen LogP contribution >= 0.6 is 24.0 Å². The first-order valence-electron chi connectivity index (χ1n) is 14.3. The van der Waals surface area contributed by atoms with Crippen LogP contribution < -0.4 is 15.6 Å². The van der Waals surface area contributed by atoms with Crippen LogP contribution in [0.4, 0.5) is 14.5 Å². The number of aliphatic hydroxyl groups is 1. The van der Waals surface area contributed by atoms with Crippen molar-refractivity contribution in [2.45, 2.75) is 57.3 Å². The molecule has 4 heterocycles. The van der Waals surface area contributed by atoms with Crippen LogP contribution in [0.1, 0.15) is 49.5 Å². The summed E-state index contributed by atoms with van der Waals surface area (Å²) in [4.78, 5) is 51.8. The number of halogens is 2. The van der Waals surface area contributed by atoms with Crippen LogP contribution in [0.25, 0.3) is 10.9 Å². The highest BCUT2D eigenvalue weighted by Crippen LogP contribution is 2.48. The van der Waals surface area contributed by atoms with E-state index < -0.39 is 58.5 Å². The zero-order chi connectivity index (χ0) is 31.8. The van der Waals surface area contributed by atoms with Crippen LogP contribution in [0.3, 0.4) is 0 Å². The highest BCUT2D eigenvalue weighted by atomic mass is 32.2. The quantitative estimate of drug-likeness (QED) is 0.247. The van der Waals surface area contributed by atoms with Crippen molar-refractivity contribution < 1.29 is 38.5 Å². The number of aliphatic hydroxyl groups excluding tert-OH is 1. The third-order valence-electron chi connectivity index (χ3n) is 9.06. The summed E-state index contributed by atoms with van der Waals surface area (Å²) in [6.07, 6.45) is 2.10. The number of rotatable bonds is 8. The molecule has 1 aromatic carbocycles. The molecule has 1 saturated carbocycles. The number of benzene rings is 1. The van der Waals surface area contributed by atoms with Gasteiger partial charge in [0.2, 0.25) is 11.3 Å². The highest BCUT2D eigenvalue weighted by Gasteiger charge is 2.59. The number of nitrogens with zero attached hydrogens (tertiary/aromatic N) is 3. The first-order valence-corrected chi connectivity index (χ1v) is 15.7. The van der Waals surface area contributed by atoms with Gasteiger partial charge in [-0.2, -0.15) is 0 Å². The van der Waals surface area contributed by atoms with Crippen molar-refractivity contribution in [3.05, 3.63) is 51.0 Å². The van der Waals surface area contributed by atoms with Crippen LogP contribution in [0, 0.1) is 23.5 Å². The number of nitrogens with one attached hydrogen (secondary N) is 1. The SMILES string of the molecule is C[C@H](O)[C@H]1C(=O)N2C(C(=O)O)=C(CSC(=S)NC3CCN(c4c(F)cc5c(=O)c(C(=O)O)cn(C6CC6)c5c4F)C3)[C@@H](C)[C@@H]12. The molecule has 3 aliphatic heterocycles. The average molecular weight is 649 g/mol. The molecular weight excluding hydrogens is 618 g/mol. The number of aliphatic carboxylic acids is 1. The largest absolute Gasteiger partial charge is 0.477 e. The predicted octanol–water partition coefficient (Wildman–Crippen LogP) is 2.70. The van der Waals surface area contributed by atoms with Gasteiger partial charge in [-0.25, -0.2) is 18.4 Å². The number of β-lactam (4-membered cyclic amide) rings is 1. The topological polar surface area (TPSA) is 152 Å². The summed E-state index contributed by atoms with van der Waals surface area (Å²) in [5, 5.41) is 32.2. The van der Waals surface area contributed by atoms with E-state index in [2.05, 4.69) is 5.32 Å². The average Bonchev–Trinajstić information content (AvgIpc) is 3.63. The van der Waals surface area contributed by atoms with Crippen LogP contribution in [-0.2, 0) is 9.59 Å². The van der Waals surface area contributed by atoms with Crippen molar-refractivity contribution in [3.8, 4) is 0 Å². The van der Waals surface area contributed by atoms with Gasteiger partial charge < -0.3 is 35.0 Å². The molecule has 0 bridgehead atoms. The molecule has 4 N–H and O–H groups in total. The number of anilines is 1. The third kappa shape index (κ3) is 4.85. The van der Waals surface area contributed by atoms with Gasteiger partial charge in [-0.3, -0.25) is 9.59 Å². The molecule has 1 aliphatic carbocycles. The van der Waals surface area contributed by atoms with Gasteiger partial charge in [-0.05, 0) is 37.8 Å². The maximum absolute atomic E-state index is 16.0. The number of thiocarbonyl (C=S) groups is 1. The summed E-state index contributed by atoms with van der Waals surface area (Å²) in [6, 6.07) is 0.0380. The van der Waals surface area contributed by atoms with E-state index in [4.69, 9.17) is 12.2 Å². The van der Waals surface area contributed by atoms with E-state index in [0.29, 0.717) is 29.2 Å². The Hall–Kier alpha value is -3.56. The minimum absolute atomic E-state index is 0.0749.